The topological polar surface area (TPSA) is 44.1 Å². The summed E-state index contributed by atoms with van der Waals surface area (Å²) < 4.78 is 7.34. The van der Waals surface area contributed by atoms with E-state index in [-0.39, 0.29) is 0 Å². The molecule has 0 aromatic carbocycles. The fourth-order valence-electron chi connectivity index (χ4n) is 1.20. The number of rotatable bonds is 7. The van der Waals surface area contributed by atoms with Crippen molar-refractivity contribution in [3.05, 3.63) is 18.2 Å². The second-order valence-corrected chi connectivity index (χ2v) is 10.3. The molecule has 0 saturated carbocycles. The second-order valence-electron chi connectivity index (χ2n) is 4.74. The first-order valence-corrected chi connectivity index (χ1v) is 9.03. The summed E-state index contributed by atoms with van der Waals surface area (Å²) in [7, 11) is -1.02. The van der Waals surface area contributed by atoms with E-state index in [1.54, 1.807) is 17.1 Å². The Hall–Kier alpha value is -0.943. The van der Waals surface area contributed by atoms with E-state index >= 15 is 0 Å². The Morgan fingerprint density at radius 3 is 2.88 bits per heavy atom. The maximum atomic E-state index is 10.4. The predicted octanol–water partition coefficient (Wildman–Crippen LogP) is 2.40. The Bertz CT molecular complexity index is 336. The maximum Gasteiger partial charge on any atom is 0.169 e. The summed E-state index contributed by atoms with van der Waals surface area (Å²) in [5.74, 6) is 0. The molecule has 0 radical (unpaired) electrons. The number of carbonyl (C=O) groups is 1. The van der Waals surface area contributed by atoms with E-state index in [0.717, 1.165) is 12.9 Å². The number of carbonyl (C=O) groups excluding carboxylic acids is 1. The zero-order valence-corrected chi connectivity index (χ0v) is 11.3. The molecule has 0 aliphatic heterocycles. The molecule has 16 heavy (non-hydrogen) atoms. The summed E-state index contributed by atoms with van der Waals surface area (Å²) in [5.41, 5.74) is 0.451. The minimum absolute atomic E-state index is 0.451. The third-order valence-electron chi connectivity index (χ3n) is 2.89. The third-order valence-corrected chi connectivity index (χ3v) is 6.37. The first-order valence-electron chi connectivity index (χ1n) is 5.62. The molecule has 4 nitrogen and oxygen atoms in total. The summed E-state index contributed by atoms with van der Waals surface area (Å²) in [5, 5.41) is 0. The van der Waals surface area contributed by atoms with Crippen molar-refractivity contribution >= 4 is 14.4 Å². The van der Waals surface area contributed by atoms with E-state index in [0.29, 0.717) is 12.4 Å². The highest BCUT2D eigenvalue weighted by Gasteiger charge is 2.16. The van der Waals surface area contributed by atoms with Crippen LogP contribution in [0.1, 0.15) is 17.4 Å². The van der Waals surface area contributed by atoms with Crippen LogP contribution in [-0.4, -0.2) is 30.5 Å². The van der Waals surface area contributed by atoms with Crippen molar-refractivity contribution in [1.82, 2.24) is 9.55 Å². The molecule has 0 amide bonds. The fourth-order valence-corrected chi connectivity index (χ4v) is 2.25. The maximum absolute atomic E-state index is 10.4. The van der Waals surface area contributed by atoms with Crippen molar-refractivity contribution in [3.8, 4) is 0 Å². The lowest BCUT2D eigenvalue weighted by molar-refractivity contribution is 0.0870. The molecule has 1 rings (SSSR count). The Balaban J connectivity index is 2.23. The van der Waals surface area contributed by atoms with Crippen molar-refractivity contribution in [1.29, 1.82) is 0 Å². The summed E-state index contributed by atoms with van der Waals surface area (Å²) in [6.45, 7) is 8.27. The van der Waals surface area contributed by atoms with Gasteiger partial charge in [-0.3, -0.25) is 4.79 Å². The first kappa shape index (κ1) is 13.1. The van der Waals surface area contributed by atoms with Gasteiger partial charge in [0.2, 0.25) is 0 Å². The molecule has 0 spiro atoms. The van der Waals surface area contributed by atoms with Crippen molar-refractivity contribution in [2.24, 2.45) is 0 Å². The summed E-state index contributed by atoms with van der Waals surface area (Å²) in [6, 6.07) is 2.47. The van der Waals surface area contributed by atoms with Gasteiger partial charge in [0, 0.05) is 20.9 Å². The van der Waals surface area contributed by atoms with E-state index in [1.807, 2.05) is 0 Å². The summed E-state index contributed by atoms with van der Waals surface area (Å²) in [6.07, 6.45) is 4.05. The van der Waals surface area contributed by atoms with Gasteiger partial charge in [0.05, 0.1) is 6.33 Å². The van der Waals surface area contributed by atoms with Crippen LogP contribution in [0.2, 0.25) is 25.2 Å². The number of hydrogen-bond donors (Lipinski definition) is 0. The highest BCUT2D eigenvalue weighted by atomic mass is 28.3. The molecule has 5 heteroatoms. The molecule has 0 unspecified atom stereocenters. The predicted molar refractivity (Wildman–Crippen MR) is 66.3 cm³/mol. The Morgan fingerprint density at radius 2 is 2.31 bits per heavy atom. The van der Waals surface area contributed by atoms with Crippen LogP contribution in [0.25, 0.3) is 0 Å². The third kappa shape index (κ3) is 4.28. The van der Waals surface area contributed by atoms with Gasteiger partial charge >= 0.3 is 0 Å². The number of hydrogen-bond acceptors (Lipinski definition) is 3. The van der Waals surface area contributed by atoms with E-state index < -0.39 is 8.07 Å². The molecule has 1 aromatic rings. The van der Waals surface area contributed by atoms with Crippen molar-refractivity contribution < 1.29 is 9.53 Å². The monoisotopic (exact) mass is 240 g/mol. The smallest absolute Gasteiger partial charge is 0.169 e. The van der Waals surface area contributed by atoms with E-state index in [9.17, 15) is 4.79 Å². The highest BCUT2D eigenvalue weighted by Crippen LogP contribution is 2.14. The van der Waals surface area contributed by atoms with Gasteiger partial charge in [-0.2, -0.15) is 0 Å². The van der Waals surface area contributed by atoms with Gasteiger partial charge in [-0.15, -0.1) is 0 Å². The Labute approximate surface area is 97.6 Å². The van der Waals surface area contributed by atoms with Crippen LogP contribution < -0.4 is 0 Å². The molecule has 90 valence electrons. The average molecular weight is 240 g/mol. The summed E-state index contributed by atoms with van der Waals surface area (Å²) in [4.78, 5) is 14.3. The summed E-state index contributed by atoms with van der Waals surface area (Å²) >= 11 is 0. The quantitative estimate of drug-likeness (QED) is 0.417. The number of aromatic nitrogens is 2. The minimum atomic E-state index is -1.02. The van der Waals surface area contributed by atoms with Crippen molar-refractivity contribution in [2.45, 2.75) is 38.8 Å². The largest absolute Gasteiger partial charge is 0.361 e. The van der Waals surface area contributed by atoms with Crippen LogP contribution in [0.4, 0.5) is 0 Å². The van der Waals surface area contributed by atoms with Crippen LogP contribution in [0, 0.1) is 0 Å². The molecule has 0 aliphatic carbocycles. The van der Waals surface area contributed by atoms with Crippen molar-refractivity contribution in [2.75, 3.05) is 6.61 Å². The molecule has 0 bridgehead atoms. The molecule has 1 heterocycles. The van der Waals surface area contributed by atoms with Crippen LogP contribution in [0.15, 0.2) is 12.5 Å². The first-order chi connectivity index (χ1) is 7.57. The standard InChI is InChI=1S/C11H20N2O2Si/c1-4-16(2,3)6-5-15-10-13-7-11(8-14)12-9-13/h7-9H,4-6,10H2,1-3H3. The molecule has 0 fully saturated rings. The lowest BCUT2D eigenvalue weighted by Crippen LogP contribution is -2.25. The van der Waals surface area contributed by atoms with Gasteiger partial charge in [0.1, 0.15) is 12.4 Å². The molecular weight excluding hydrogens is 220 g/mol. The van der Waals surface area contributed by atoms with E-state index in [1.165, 1.54) is 12.1 Å². The van der Waals surface area contributed by atoms with Gasteiger partial charge in [0.15, 0.2) is 6.29 Å². The van der Waals surface area contributed by atoms with E-state index in [4.69, 9.17) is 4.74 Å². The number of imidazole rings is 1. The van der Waals surface area contributed by atoms with Gasteiger partial charge in [-0.25, -0.2) is 4.98 Å². The second kappa shape index (κ2) is 5.96. The Morgan fingerprint density at radius 1 is 1.56 bits per heavy atom. The van der Waals surface area contributed by atoms with Crippen molar-refractivity contribution in [3.63, 3.8) is 0 Å². The molecule has 0 atom stereocenters. The van der Waals surface area contributed by atoms with E-state index in [2.05, 4.69) is 25.0 Å². The van der Waals surface area contributed by atoms with Crippen LogP contribution in [-0.2, 0) is 11.5 Å². The molecule has 1 aromatic heterocycles. The Kier molecular flexibility index (Phi) is 4.89. The molecular formula is C11H20N2O2Si. The SMILES string of the molecule is CC[Si](C)(C)CCOCn1cnc(C=O)c1. The van der Waals surface area contributed by atoms with Crippen LogP contribution >= 0.6 is 0 Å². The number of ether oxygens (including phenoxy) is 1. The van der Waals surface area contributed by atoms with Crippen LogP contribution in [0.3, 0.4) is 0 Å². The zero-order valence-electron chi connectivity index (χ0n) is 10.3. The minimum Gasteiger partial charge on any atom is -0.361 e. The zero-order chi connectivity index (χ0) is 12.0. The molecule has 0 saturated heterocycles. The van der Waals surface area contributed by atoms with Gasteiger partial charge < -0.3 is 9.30 Å². The molecule has 0 aliphatic rings. The fraction of sp³-hybridized carbons (Fsp3) is 0.636. The number of aldehydes is 1. The average Bonchev–Trinajstić information content (AvgIpc) is 2.72. The lowest BCUT2D eigenvalue weighted by atomic mass is 10.5. The highest BCUT2D eigenvalue weighted by molar-refractivity contribution is 6.77. The molecule has 0 N–H and O–H groups in total. The van der Waals surface area contributed by atoms with Crippen LogP contribution in [0.5, 0.6) is 0 Å². The lowest BCUT2D eigenvalue weighted by Gasteiger charge is -2.19. The van der Waals surface area contributed by atoms with Gasteiger partial charge in [-0.1, -0.05) is 26.1 Å². The normalized spacial score (nSPS) is 11.7. The number of nitrogens with zero attached hydrogens (tertiary/aromatic N) is 2. The van der Waals surface area contributed by atoms with Gasteiger partial charge in [0.25, 0.3) is 0 Å². The van der Waals surface area contributed by atoms with Gasteiger partial charge in [-0.05, 0) is 6.04 Å².